The monoisotopic (exact) mass is 222 g/mol. The van der Waals surface area contributed by atoms with E-state index in [2.05, 4.69) is 44.1 Å². The number of ether oxygens (including phenoxy) is 1. The molecular formula is C13H22N2O. The lowest BCUT2D eigenvalue weighted by molar-refractivity contribution is 0.190. The Morgan fingerprint density at radius 2 is 2.06 bits per heavy atom. The van der Waals surface area contributed by atoms with Crippen molar-refractivity contribution < 1.29 is 4.74 Å². The fraction of sp³-hybridized carbons (Fsp3) is 0.615. The SMILES string of the molecule is COCC(C)Nc1ccc(C(C)(C)C)cn1. The minimum Gasteiger partial charge on any atom is -0.383 e. The summed E-state index contributed by atoms with van der Waals surface area (Å²) in [6.07, 6.45) is 1.93. The molecule has 1 heterocycles. The normalized spacial score (nSPS) is 13.6. The summed E-state index contributed by atoms with van der Waals surface area (Å²) in [6.45, 7) is 9.31. The van der Waals surface area contributed by atoms with Gasteiger partial charge in [0.05, 0.1) is 6.61 Å². The second-order valence-corrected chi connectivity index (χ2v) is 5.18. The number of methoxy groups -OCH3 is 1. The Bertz CT molecular complexity index is 314. The standard InChI is InChI=1S/C13H22N2O/c1-10(9-16-5)15-12-7-6-11(8-14-12)13(2,3)4/h6-8,10H,9H2,1-5H3,(H,14,15). The molecule has 1 rings (SSSR count). The summed E-state index contributed by atoms with van der Waals surface area (Å²) in [5, 5.41) is 3.29. The zero-order valence-electron chi connectivity index (χ0n) is 10.9. The highest BCUT2D eigenvalue weighted by atomic mass is 16.5. The highest BCUT2D eigenvalue weighted by Gasteiger charge is 2.13. The zero-order valence-corrected chi connectivity index (χ0v) is 10.9. The van der Waals surface area contributed by atoms with Gasteiger partial charge in [0, 0.05) is 19.3 Å². The fourth-order valence-electron chi connectivity index (χ4n) is 1.47. The topological polar surface area (TPSA) is 34.1 Å². The van der Waals surface area contributed by atoms with E-state index < -0.39 is 0 Å². The Morgan fingerprint density at radius 1 is 1.38 bits per heavy atom. The molecule has 0 spiro atoms. The number of pyridine rings is 1. The van der Waals surface area contributed by atoms with Gasteiger partial charge in [0.15, 0.2) is 0 Å². The van der Waals surface area contributed by atoms with Gasteiger partial charge < -0.3 is 10.1 Å². The summed E-state index contributed by atoms with van der Waals surface area (Å²) in [5.74, 6) is 0.901. The van der Waals surface area contributed by atoms with Gasteiger partial charge in [-0.05, 0) is 24.0 Å². The van der Waals surface area contributed by atoms with Crippen molar-refractivity contribution in [2.75, 3.05) is 19.0 Å². The van der Waals surface area contributed by atoms with E-state index in [0.717, 1.165) is 5.82 Å². The molecule has 1 aromatic heterocycles. The minimum absolute atomic E-state index is 0.156. The summed E-state index contributed by atoms with van der Waals surface area (Å²) in [4.78, 5) is 4.40. The molecule has 3 nitrogen and oxygen atoms in total. The van der Waals surface area contributed by atoms with E-state index in [0.29, 0.717) is 6.61 Å². The van der Waals surface area contributed by atoms with E-state index in [1.165, 1.54) is 5.56 Å². The van der Waals surface area contributed by atoms with Crippen LogP contribution < -0.4 is 5.32 Å². The van der Waals surface area contributed by atoms with E-state index in [1.54, 1.807) is 7.11 Å². The second-order valence-electron chi connectivity index (χ2n) is 5.18. The van der Waals surface area contributed by atoms with Gasteiger partial charge >= 0.3 is 0 Å². The van der Waals surface area contributed by atoms with Crippen molar-refractivity contribution in [1.29, 1.82) is 0 Å². The van der Waals surface area contributed by atoms with Gasteiger partial charge in [-0.1, -0.05) is 26.8 Å². The molecule has 0 aromatic carbocycles. The van der Waals surface area contributed by atoms with Crippen molar-refractivity contribution in [1.82, 2.24) is 4.98 Å². The number of aromatic nitrogens is 1. The van der Waals surface area contributed by atoms with E-state index in [4.69, 9.17) is 4.74 Å². The predicted octanol–water partition coefficient (Wildman–Crippen LogP) is 2.83. The first-order valence-electron chi connectivity index (χ1n) is 5.65. The van der Waals surface area contributed by atoms with Crippen LogP contribution in [0.5, 0.6) is 0 Å². The van der Waals surface area contributed by atoms with Crippen LogP contribution in [0.1, 0.15) is 33.3 Å². The Morgan fingerprint density at radius 3 is 2.50 bits per heavy atom. The molecule has 0 saturated heterocycles. The van der Waals surface area contributed by atoms with Crippen molar-refractivity contribution in [3.63, 3.8) is 0 Å². The largest absolute Gasteiger partial charge is 0.383 e. The van der Waals surface area contributed by atoms with Crippen LogP contribution in [-0.4, -0.2) is 24.7 Å². The molecule has 90 valence electrons. The molecule has 0 bridgehead atoms. The minimum atomic E-state index is 0.156. The maximum Gasteiger partial charge on any atom is 0.126 e. The van der Waals surface area contributed by atoms with Crippen LogP contribution in [0.15, 0.2) is 18.3 Å². The molecule has 1 unspecified atom stereocenters. The van der Waals surface area contributed by atoms with Crippen LogP contribution >= 0.6 is 0 Å². The molecule has 0 saturated carbocycles. The third-order valence-corrected chi connectivity index (χ3v) is 2.44. The van der Waals surface area contributed by atoms with Crippen LogP contribution in [0.2, 0.25) is 0 Å². The van der Waals surface area contributed by atoms with E-state index >= 15 is 0 Å². The summed E-state index contributed by atoms with van der Waals surface area (Å²) >= 11 is 0. The maximum atomic E-state index is 5.06. The first-order chi connectivity index (χ1) is 7.43. The van der Waals surface area contributed by atoms with Crippen LogP contribution in [0.3, 0.4) is 0 Å². The van der Waals surface area contributed by atoms with Crippen molar-refractivity contribution >= 4 is 5.82 Å². The third kappa shape index (κ3) is 3.81. The number of anilines is 1. The van der Waals surface area contributed by atoms with Gasteiger partial charge in [0.25, 0.3) is 0 Å². The van der Waals surface area contributed by atoms with Crippen LogP contribution in [-0.2, 0) is 10.2 Å². The summed E-state index contributed by atoms with van der Waals surface area (Å²) < 4.78 is 5.06. The molecule has 0 aliphatic rings. The number of hydrogen-bond acceptors (Lipinski definition) is 3. The number of nitrogens with zero attached hydrogens (tertiary/aromatic N) is 1. The fourth-order valence-corrected chi connectivity index (χ4v) is 1.47. The molecule has 3 heteroatoms. The lowest BCUT2D eigenvalue weighted by Gasteiger charge is -2.19. The van der Waals surface area contributed by atoms with Crippen molar-refractivity contribution in [3.05, 3.63) is 23.9 Å². The first kappa shape index (κ1) is 13.0. The Kier molecular flexibility index (Phi) is 4.30. The molecule has 0 amide bonds. The Hall–Kier alpha value is -1.09. The van der Waals surface area contributed by atoms with Gasteiger partial charge in [0.1, 0.15) is 5.82 Å². The van der Waals surface area contributed by atoms with E-state index in [9.17, 15) is 0 Å². The second kappa shape index (κ2) is 5.30. The Balaban J connectivity index is 2.65. The highest BCUT2D eigenvalue weighted by molar-refractivity contribution is 5.37. The molecule has 0 radical (unpaired) electrons. The van der Waals surface area contributed by atoms with Gasteiger partial charge in [0.2, 0.25) is 0 Å². The van der Waals surface area contributed by atoms with Crippen molar-refractivity contribution in [2.24, 2.45) is 0 Å². The molecule has 1 aromatic rings. The number of hydrogen-bond donors (Lipinski definition) is 1. The summed E-state index contributed by atoms with van der Waals surface area (Å²) in [5.41, 5.74) is 1.40. The Labute approximate surface area is 98.2 Å². The highest BCUT2D eigenvalue weighted by Crippen LogP contribution is 2.21. The molecule has 0 aliphatic heterocycles. The van der Waals surface area contributed by atoms with Crippen molar-refractivity contribution in [2.45, 2.75) is 39.2 Å². The lowest BCUT2D eigenvalue weighted by atomic mass is 9.88. The molecule has 0 fully saturated rings. The summed E-state index contributed by atoms with van der Waals surface area (Å²) in [6, 6.07) is 4.42. The average Bonchev–Trinajstić information content (AvgIpc) is 2.17. The van der Waals surface area contributed by atoms with Crippen LogP contribution in [0.25, 0.3) is 0 Å². The van der Waals surface area contributed by atoms with Crippen LogP contribution in [0, 0.1) is 0 Å². The summed E-state index contributed by atoms with van der Waals surface area (Å²) in [7, 11) is 1.70. The van der Waals surface area contributed by atoms with Crippen LogP contribution in [0.4, 0.5) is 5.82 Å². The maximum absolute atomic E-state index is 5.06. The van der Waals surface area contributed by atoms with E-state index in [-0.39, 0.29) is 11.5 Å². The molecule has 1 atom stereocenters. The smallest absolute Gasteiger partial charge is 0.126 e. The van der Waals surface area contributed by atoms with Gasteiger partial charge in [-0.3, -0.25) is 0 Å². The number of rotatable bonds is 4. The third-order valence-electron chi connectivity index (χ3n) is 2.44. The molecule has 1 N–H and O–H groups in total. The predicted molar refractivity (Wildman–Crippen MR) is 67.9 cm³/mol. The zero-order chi connectivity index (χ0) is 12.2. The first-order valence-corrected chi connectivity index (χ1v) is 5.65. The molecular weight excluding hydrogens is 200 g/mol. The molecule has 0 aliphatic carbocycles. The average molecular weight is 222 g/mol. The lowest BCUT2D eigenvalue weighted by Crippen LogP contribution is -2.21. The number of nitrogens with one attached hydrogen (secondary N) is 1. The van der Waals surface area contributed by atoms with Gasteiger partial charge in [-0.15, -0.1) is 0 Å². The van der Waals surface area contributed by atoms with Gasteiger partial charge in [-0.25, -0.2) is 4.98 Å². The quantitative estimate of drug-likeness (QED) is 0.850. The van der Waals surface area contributed by atoms with Gasteiger partial charge in [-0.2, -0.15) is 0 Å². The van der Waals surface area contributed by atoms with Crippen molar-refractivity contribution in [3.8, 4) is 0 Å². The van der Waals surface area contributed by atoms with E-state index in [1.807, 2.05) is 12.3 Å². The molecule has 16 heavy (non-hydrogen) atoms.